The maximum atomic E-state index is 12.7. The van der Waals surface area contributed by atoms with Crippen LogP contribution in [0.1, 0.15) is 25.6 Å². The van der Waals surface area contributed by atoms with Crippen molar-refractivity contribution in [3.63, 3.8) is 0 Å². The largest absolute Gasteiger partial charge is 0.447 e. The topological polar surface area (TPSA) is 68.2 Å². The number of thioether (sulfide) groups is 1. The number of anilines is 1. The third kappa shape index (κ3) is 3.43. The first kappa shape index (κ1) is 18.7. The zero-order valence-electron chi connectivity index (χ0n) is 15.3. The first-order valence-electron chi connectivity index (χ1n) is 8.77. The molecule has 1 unspecified atom stereocenters. The maximum absolute atomic E-state index is 12.7. The summed E-state index contributed by atoms with van der Waals surface area (Å²) in [7, 11) is 0. The Morgan fingerprint density at radius 3 is 2.79 bits per heavy atom. The van der Waals surface area contributed by atoms with E-state index in [2.05, 4.69) is 15.2 Å². The van der Waals surface area contributed by atoms with Crippen molar-refractivity contribution in [2.24, 2.45) is 0 Å². The molecule has 0 N–H and O–H groups in total. The van der Waals surface area contributed by atoms with Crippen LogP contribution >= 0.6 is 23.4 Å². The van der Waals surface area contributed by atoms with Crippen LogP contribution in [0.5, 0.6) is 5.88 Å². The third-order valence-corrected chi connectivity index (χ3v) is 5.21. The van der Waals surface area contributed by atoms with Crippen molar-refractivity contribution in [3.8, 4) is 17.1 Å². The molecule has 1 atom stereocenters. The number of benzene rings is 2. The Morgan fingerprint density at radius 1 is 1.21 bits per heavy atom. The van der Waals surface area contributed by atoms with Gasteiger partial charge in [0.25, 0.3) is 0 Å². The molecule has 4 rings (SSSR count). The summed E-state index contributed by atoms with van der Waals surface area (Å²) < 4.78 is 6.26. The third-order valence-electron chi connectivity index (χ3n) is 4.26. The Bertz CT molecular complexity index is 1050. The highest BCUT2D eigenvalue weighted by Gasteiger charge is 2.34. The number of rotatable bonds is 3. The predicted octanol–water partition coefficient (Wildman–Crippen LogP) is 4.75. The lowest BCUT2D eigenvalue weighted by Crippen LogP contribution is -2.36. The van der Waals surface area contributed by atoms with Gasteiger partial charge in [0.05, 0.1) is 5.69 Å². The summed E-state index contributed by atoms with van der Waals surface area (Å²) in [4.78, 5) is 18.8. The van der Waals surface area contributed by atoms with Gasteiger partial charge in [-0.25, -0.2) is 0 Å². The van der Waals surface area contributed by atoms with Crippen LogP contribution in [0.15, 0.2) is 53.7 Å². The Morgan fingerprint density at radius 2 is 2.04 bits per heavy atom. The molecule has 0 aliphatic carbocycles. The van der Waals surface area contributed by atoms with Crippen molar-refractivity contribution in [3.05, 3.63) is 59.1 Å². The SMILES string of the molecule is CCSc1nnc2c(n1)OC(c1cccc(Cl)c1)N(C(C)=O)c1ccccc1-2. The summed E-state index contributed by atoms with van der Waals surface area (Å²) in [6.07, 6.45) is -0.727. The lowest BCUT2D eigenvalue weighted by molar-refractivity contribution is -0.118. The fourth-order valence-electron chi connectivity index (χ4n) is 3.12. The van der Waals surface area contributed by atoms with Gasteiger partial charge < -0.3 is 4.74 Å². The number of ether oxygens (including phenoxy) is 1. The van der Waals surface area contributed by atoms with E-state index in [1.807, 2.05) is 43.3 Å². The normalized spacial score (nSPS) is 15.2. The standard InChI is InChI=1S/C20H17ClN4O2S/c1-3-28-20-22-18-17(23-24-20)15-9-4-5-10-16(15)25(12(2)26)19(27-18)13-7-6-8-14(21)11-13/h4-11,19H,3H2,1-2H3. The summed E-state index contributed by atoms with van der Waals surface area (Å²) in [5, 5.41) is 9.65. The van der Waals surface area contributed by atoms with Crippen molar-refractivity contribution >= 4 is 35.0 Å². The van der Waals surface area contributed by atoms with Crippen molar-refractivity contribution in [2.45, 2.75) is 25.2 Å². The van der Waals surface area contributed by atoms with Crippen molar-refractivity contribution < 1.29 is 9.53 Å². The Labute approximate surface area is 171 Å². The molecule has 1 amide bonds. The molecule has 1 aliphatic rings. The second-order valence-corrected chi connectivity index (χ2v) is 7.78. The average molecular weight is 413 g/mol. The summed E-state index contributed by atoms with van der Waals surface area (Å²) in [6.45, 7) is 3.52. The molecule has 1 aliphatic heterocycles. The van der Waals surface area contributed by atoms with Crippen LogP contribution in [0.4, 0.5) is 5.69 Å². The second kappa shape index (κ2) is 7.77. The van der Waals surface area contributed by atoms with Crippen molar-refractivity contribution in [2.75, 3.05) is 10.7 Å². The van der Waals surface area contributed by atoms with E-state index in [4.69, 9.17) is 16.3 Å². The van der Waals surface area contributed by atoms with Gasteiger partial charge in [-0.15, -0.1) is 10.2 Å². The zero-order chi connectivity index (χ0) is 19.7. The van der Waals surface area contributed by atoms with E-state index in [1.54, 1.807) is 17.0 Å². The molecule has 0 radical (unpaired) electrons. The molecule has 0 fully saturated rings. The number of halogens is 1. The smallest absolute Gasteiger partial charge is 0.247 e. The van der Waals surface area contributed by atoms with Gasteiger partial charge in [0.15, 0.2) is 5.69 Å². The summed E-state index contributed by atoms with van der Waals surface area (Å²) in [5.41, 5.74) is 2.68. The minimum atomic E-state index is -0.727. The molecular weight excluding hydrogens is 396 g/mol. The number of aromatic nitrogens is 3. The van der Waals surface area contributed by atoms with Gasteiger partial charge in [-0.05, 0) is 24.0 Å². The van der Waals surface area contributed by atoms with Crippen LogP contribution in [0, 0.1) is 0 Å². The second-order valence-electron chi connectivity index (χ2n) is 6.11. The van der Waals surface area contributed by atoms with Gasteiger partial charge in [-0.1, -0.05) is 60.6 Å². The van der Waals surface area contributed by atoms with Crippen LogP contribution in [0.2, 0.25) is 5.02 Å². The fraction of sp³-hybridized carbons (Fsp3) is 0.200. The van der Waals surface area contributed by atoms with E-state index in [0.717, 1.165) is 16.9 Å². The predicted molar refractivity (Wildman–Crippen MR) is 110 cm³/mol. The molecule has 1 aromatic heterocycles. The molecular formula is C20H17ClN4O2S. The average Bonchev–Trinajstić information content (AvgIpc) is 2.82. The minimum absolute atomic E-state index is 0.165. The van der Waals surface area contributed by atoms with Gasteiger partial charge >= 0.3 is 0 Å². The van der Waals surface area contributed by atoms with Crippen LogP contribution in [0.3, 0.4) is 0 Å². The Kier molecular flexibility index (Phi) is 5.19. The highest BCUT2D eigenvalue weighted by molar-refractivity contribution is 7.99. The number of carbonyl (C=O) groups is 1. The summed E-state index contributed by atoms with van der Waals surface area (Å²) >= 11 is 7.68. The Hall–Kier alpha value is -2.64. The molecule has 0 saturated carbocycles. The molecule has 0 bridgehead atoms. The number of fused-ring (bicyclic) bond motifs is 3. The molecule has 3 aromatic rings. The molecule has 0 saturated heterocycles. The highest BCUT2D eigenvalue weighted by atomic mass is 35.5. The molecule has 142 valence electrons. The number of amides is 1. The molecule has 2 aromatic carbocycles. The number of para-hydroxylation sites is 1. The lowest BCUT2D eigenvalue weighted by atomic mass is 10.1. The number of hydrogen-bond acceptors (Lipinski definition) is 6. The van der Waals surface area contributed by atoms with E-state index in [-0.39, 0.29) is 5.91 Å². The van der Waals surface area contributed by atoms with Gasteiger partial charge in [-0.2, -0.15) is 4.98 Å². The van der Waals surface area contributed by atoms with Gasteiger partial charge in [-0.3, -0.25) is 9.69 Å². The maximum Gasteiger partial charge on any atom is 0.247 e. The molecule has 2 heterocycles. The van der Waals surface area contributed by atoms with E-state index in [0.29, 0.717) is 27.4 Å². The number of carbonyl (C=O) groups excluding carboxylic acids is 1. The van der Waals surface area contributed by atoms with Crippen LogP contribution in [-0.4, -0.2) is 26.8 Å². The number of nitrogens with zero attached hydrogens (tertiary/aromatic N) is 4. The van der Waals surface area contributed by atoms with E-state index < -0.39 is 6.23 Å². The van der Waals surface area contributed by atoms with E-state index in [9.17, 15) is 4.79 Å². The minimum Gasteiger partial charge on any atom is -0.447 e. The highest BCUT2D eigenvalue weighted by Crippen LogP contribution is 2.43. The lowest BCUT2D eigenvalue weighted by Gasteiger charge is -2.29. The molecule has 6 nitrogen and oxygen atoms in total. The first-order valence-corrected chi connectivity index (χ1v) is 10.1. The number of hydrogen-bond donors (Lipinski definition) is 0. The van der Waals surface area contributed by atoms with E-state index >= 15 is 0 Å². The quantitative estimate of drug-likeness (QED) is 0.578. The molecule has 0 spiro atoms. The monoisotopic (exact) mass is 412 g/mol. The van der Waals surface area contributed by atoms with E-state index in [1.165, 1.54) is 18.7 Å². The van der Waals surface area contributed by atoms with Crippen molar-refractivity contribution in [1.29, 1.82) is 0 Å². The van der Waals surface area contributed by atoms with Crippen LogP contribution in [-0.2, 0) is 4.79 Å². The van der Waals surface area contributed by atoms with Gasteiger partial charge in [0.2, 0.25) is 23.2 Å². The van der Waals surface area contributed by atoms with Gasteiger partial charge in [0, 0.05) is 23.1 Å². The fourth-order valence-corrected chi connectivity index (χ4v) is 3.82. The van der Waals surface area contributed by atoms with Gasteiger partial charge in [0.1, 0.15) is 0 Å². The van der Waals surface area contributed by atoms with Crippen LogP contribution < -0.4 is 9.64 Å². The summed E-state index contributed by atoms with van der Waals surface area (Å²) in [5.74, 6) is 0.988. The first-order chi connectivity index (χ1) is 13.6. The van der Waals surface area contributed by atoms with Crippen molar-refractivity contribution in [1.82, 2.24) is 15.2 Å². The molecule has 28 heavy (non-hydrogen) atoms. The zero-order valence-corrected chi connectivity index (χ0v) is 16.9. The Balaban J connectivity index is 1.95. The molecule has 8 heteroatoms. The van der Waals surface area contributed by atoms with Crippen LogP contribution in [0.25, 0.3) is 11.3 Å². The summed E-state index contributed by atoms with van der Waals surface area (Å²) in [6, 6.07) is 14.8.